The van der Waals surface area contributed by atoms with Gasteiger partial charge in [-0.3, -0.25) is 4.68 Å². The first kappa shape index (κ1) is 22.6. The number of aliphatic hydroxyl groups is 2. The van der Waals surface area contributed by atoms with E-state index in [1.165, 1.54) is 18.6 Å². The average Bonchev–Trinajstić information content (AvgIpc) is 3.15. The van der Waals surface area contributed by atoms with Crippen molar-refractivity contribution >= 4 is 11.6 Å². The molecule has 7 nitrogen and oxygen atoms in total. The number of nitrogens with zero attached hydrogens (tertiary/aromatic N) is 4. The van der Waals surface area contributed by atoms with E-state index in [-0.39, 0.29) is 5.95 Å². The number of anilines is 2. The van der Waals surface area contributed by atoms with Gasteiger partial charge in [0.1, 0.15) is 5.69 Å². The fourth-order valence-electron chi connectivity index (χ4n) is 2.80. The van der Waals surface area contributed by atoms with Crippen molar-refractivity contribution in [3.8, 4) is 11.1 Å². The second-order valence-corrected chi connectivity index (χ2v) is 6.93. The van der Waals surface area contributed by atoms with E-state index in [4.69, 9.17) is 5.11 Å². The summed E-state index contributed by atoms with van der Waals surface area (Å²) < 4.78 is 65.5. The Kier molecular flexibility index (Phi) is 6.23. The van der Waals surface area contributed by atoms with Gasteiger partial charge in [0.2, 0.25) is 11.5 Å². The molecule has 0 saturated carbocycles. The summed E-state index contributed by atoms with van der Waals surface area (Å²) in [6.07, 6.45) is -4.00. The first-order valence-corrected chi connectivity index (χ1v) is 8.93. The molecular formula is C19H18F5N5O2. The lowest BCUT2D eigenvalue weighted by atomic mass is 10.0. The van der Waals surface area contributed by atoms with Gasteiger partial charge < -0.3 is 15.5 Å². The van der Waals surface area contributed by atoms with E-state index in [9.17, 15) is 27.1 Å². The van der Waals surface area contributed by atoms with Crippen LogP contribution < -0.4 is 5.32 Å². The van der Waals surface area contributed by atoms with Gasteiger partial charge in [0.15, 0.2) is 0 Å². The zero-order valence-corrected chi connectivity index (χ0v) is 16.1. The van der Waals surface area contributed by atoms with Crippen molar-refractivity contribution in [2.75, 3.05) is 11.9 Å². The molecule has 0 aliphatic rings. The highest BCUT2D eigenvalue weighted by atomic mass is 19.4. The van der Waals surface area contributed by atoms with Crippen molar-refractivity contribution in [3.05, 3.63) is 54.1 Å². The molecule has 0 bridgehead atoms. The summed E-state index contributed by atoms with van der Waals surface area (Å²) in [4.78, 5) is 7.63. The predicted octanol–water partition coefficient (Wildman–Crippen LogP) is 3.62. The minimum atomic E-state index is -5.04. The highest BCUT2D eigenvalue weighted by Gasteiger charge is 2.53. The van der Waals surface area contributed by atoms with E-state index < -0.39 is 37.0 Å². The molecule has 0 spiro atoms. The molecule has 3 rings (SSSR count). The highest BCUT2D eigenvalue weighted by molar-refractivity contribution is 5.70. The zero-order valence-electron chi connectivity index (χ0n) is 16.1. The molecule has 0 radical (unpaired) electrons. The maximum Gasteiger partial charge on any atom is 0.421 e. The van der Waals surface area contributed by atoms with Crippen LogP contribution in [-0.2, 0) is 6.54 Å². The van der Waals surface area contributed by atoms with Gasteiger partial charge in [-0.25, -0.2) is 18.7 Å². The maximum absolute atomic E-state index is 13.0. The Morgan fingerprint density at radius 2 is 1.90 bits per heavy atom. The Bertz CT molecular complexity index is 1060. The van der Waals surface area contributed by atoms with Crippen LogP contribution in [0.1, 0.15) is 17.7 Å². The minimum absolute atomic E-state index is 0.0387. The van der Waals surface area contributed by atoms with Crippen molar-refractivity contribution in [3.63, 3.8) is 0 Å². The summed E-state index contributed by atoms with van der Waals surface area (Å²) in [5.74, 6) is -0.0387. The molecule has 166 valence electrons. The minimum Gasteiger partial charge on any atom is -0.393 e. The molecular weight excluding hydrogens is 425 g/mol. The van der Waals surface area contributed by atoms with E-state index in [0.29, 0.717) is 16.8 Å². The fourth-order valence-corrected chi connectivity index (χ4v) is 2.80. The molecule has 1 unspecified atom stereocenters. The Morgan fingerprint density at radius 3 is 2.55 bits per heavy atom. The van der Waals surface area contributed by atoms with Gasteiger partial charge in [-0.1, -0.05) is 6.07 Å². The van der Waals surface area contributed by atoms with Crippen molar-refractivity contribution in [2.24, 2.45) is 0 Å². The largest absolute Gasteiger partial charge is 0.421 e. The molecule has 12 heteroatoms. The number of hydrogen-bond donors (Lipinski definition) is 3. The second-order valence-electron chi connectivity index (χ2n) is 6.93. The molecule has 2 aromatic heterocycles. The number of hydrogen-bond acceptors (Lipinski definition) is 6. The molecule has 3 aromatic rings. The molecule has 2 heterocycles. The lowest BCUT2D eigenvalue weighted by molar-refractivity contribution is -0.276. The standard InChI is InChI=1S/C19H18F5N5O2/c1-11-4-12(6-14(5-11)27-17-25-3-2-15(28-17)16(20)21)13-7-26-29(8-13)9-18(31,10-30)19(22,23)24/h2-8,16,30-31H,9-10H2,1H3,(H,25,27,28). The van der Waals surface area contributed by atoms with Gasteiger partial charge in [0.25, 0.3) is 6.43 Å². The number of nitrogens with one attached hydrogen (secondary N) is 1. The van der Waals surface area contributed by atoms with Crippen LogP contribution in [0.25, 0.3) is 11.1 Å². The van der Waals surface area contributed by atoms with E-state index in [1.807, 2.05) is 0 Å². The SMILES string of the molecule is Cc1cc(Nc2nccc(C(F)F)n2)cc(-c2cnn(CC(O)(CO)C(F)(F)F)c2)c1. The lowest BCUT2D eigenvalue weighted by Gasteiger charge is -2.28. The second kappa shape index (κ2) is 8.55. The molecule has 3 N–H and O–H groups in total. The molecule has 0 saturated heterocycles. The first-order chi connectivity index (χ1) is 14.5. The smallest absolute Gasteiger partial charge is 0.393 e. The Morgan fingerprint density at radius 1 is 1.16 bits per heavy atom. The molecule has 1 aromatic carbocycles. The van der Waals surface area contributed by atoms with Crippen LogP contribution in [0.3, 0.4) is 0 Å². The van der Waals surface area contributed by atoms with Gasteiger partial charge in [-0.15, -0.1) is 0 Å². The van der Waals surface area contributed by atoms with E-state index >= 15 is 0 Å². The molecule has 0 aliphatic carbocycles. The Labute approximate surface area is 173 Å². The molecule has 1 atom stereocenters. The molecule has 0 aliphatic heterocycles. The number of aromatic nitrogens is 4. The van der Waals surface area contributed by atoms with E-state index in [1.54, 1.807) is 25.1 Å². The van der Waals surface area contributed by atoms with E-state index in [0.717, 1.165) is 16.3 Å². The predicted molar refractivity (Wildman–Crippen MR) is 101 cm³/mol. The number of aryl methyl sites for hydroxylation is 1. The molecule has 0 amide bonds. The summed E-state index contributed by atoms with van der Waals surface area (Å²) in [5.41, 5.74) is -1.53. The van der Waals surface area contributed by atoms with Crippen molar-refractivity contribution < 1.29 is 32.2 Å². The van der Waals surface area contributed by atoms with Gasteiger partial charge in [-0.2, -0.15) is 18.3 Å². The third-order valence-electron chi connectivity index (χ3n) is 4.41. The third-order valence-corrected chi connectivity index (χ3v) is 4.41. The number of aliphatic hydroxyl groups excluding tert-OH is 1. The molecule has 31 heavy (non-hydrogen) atoms. The number of alkyl halides is 5. The average molecular weight is 443 g/mol. The van der Waals surface area contributed by atoms with Gasteiger partial charge in [0, 0.05) is 23.6 Å². The van der Waals surface area contributed by atoms with Gasteiger partial charge >= 0.3 is 6.18 Å². The van der Waals surface area contributed by atoms with E-state index in [2.05, 4.69) is 20.4 Å². The van der Waals surface area contributed by atoms with Crippen molar-refractivity contribution in [1.29, 1.82) is 0 Å². The summed E-state index contributed by atoms with van der Waals surface area (Å²) in [6.45, 7) is -0.732. The van der Waals surface area contributed by atoms with Crippen LogP contribution >= 0.6 is 0 Å². The van der Waals surface area contributed by atoms with Crippen LogP contribution in [0.15, 0.2) is 42.9 Å². The lowest BCUT2D eigenvalue weighted by Crippen LogP contribution is -2.51. The van der Waals surface area contributed by atoms with Crippen LogP contribution in [0.4, 0.5) is 33.6 Å². The number of benzene rings is 1. The Balaban J connectivity index is 1.85. The monoisotopic (exact) mass is 443 g/mol. The topological polar surface area (TPSA) is 96.1 Å². The zero-order chi connectivity index (χ0) is 22.8. The van der Waals surface area contributed by atoms with Crippen LogP contribution in [-0.4, -0.2) is 48.3 Å². The molecule has 0 fully saturated rings. The fraction of sp³-hybridized carbons (Fsp3) is 0.316. The normalized spacial score (nSPS) is 14.0. The van der Waals surface area contributed by atoms with Crippen molar-refractivity contribution in [2.45, 2.75) is 31.7 Å². The van der Waals surface area contributed by atoms with Crippen LogP contribution in [0.5, 0.6) is 0 Å². The van der Waals surface area contributed by atoms with Gasteiger partial charge in [0.05, 0.1) is 19.3 Å². The number of rotatable bonds is 7. The first-order valence-electron chi connectivity index (χ1n) is 8.93. The Hall–Kier alpha value is -3.12. The van der Waals surface area contributed by atoms with Crippen LogP contribution in [0, 0.1) is 6.92 Å². The number of halogens is 5. The summed E-state index contributed by atoms with van der Waals surface area (Å²) in [7, 11) is 0. The third kappa shape index (κ3) is 5.14. The summed E-state index contributed by atoms with van der Waals surface area (Å²) in [5, 5.41) is 25.3. The highest BCUT2D eigenvalue weighted by Crippen LogP contribution is 2.32. The maximum atomic E-state index is 13.0. The van der Waals surface area contributed by atoms with Crippen LogP contribution in [0.2, 0.25) is 0 Å². The summed E-state index contributed by atoms with van der Waals surface area (Å²) in [6, 6.07) is 6.17. The quantitative estimate of drug-likeness (QED) is 0.483. The van der Waals surface area contributed by atoms with Crippen molar-refractivity contribution in [1.82, 2.24) is 19.7 Å². The van der Waals surface area contributed by atoms with Gasteiger partial charge in [-0.05, 0) is 36.2 Å². The summed E-state index contributed by atoms with van der Waals surface area (Å²) >= 11 is 0.